The van der Waals surface area contributed by atoms with Crippen molar-refractivity contribution in [1.29, 1.82) is 0 Å². The standard InChI is InChI=1S/C13H10O.C9H6O/c1-2-5-11-10(4-1)7-8-13-12(11)6-3-9-14-13;10-9-6-5-7-3-1-2-4-8(7)9/h1-8H,9H2;1-6H. The van der Waals surface area contributed by atoms with Gasteiger partial charge in [-0.15, -0.1) is 0 Å². The maximum atomic E-state index is 11.0. The summed E-state index contributed by atoms with van der Waals surface area (Å²) in [5.74, 6) is 1.11. The minimum Gasteiger partial charge on any atom is -0.489 e. The molecule has 1 heterocycles. The van der Waals surface area contributed by atoms with Gasteiger partial charge in [-0.1, -0.05) is 66.7 Å². The van der Waals surface area contributed by atoms with Crippen LogP contribution in [0.3, 0.4) is 0 Å². The molecule has 24 heavy (non-hydrogen) atoms. The lowest BCUT2D eigenvalue weighted by Gasteiger charge is -2.14. The number of rotatable bonds is 0. The molecule has 0 spiro atoms. The van der Waals surface area contributed by atoms with Crippen molar-refractivity contribution in [2.24, 2.45) is 0 Å². The number of ketones is 1. The van der Waals surface area contributed by atoms with Gasteiger partial charge in [-0.05, 0) is 34.6 Å². The minimum atomic E-state index is 0.121. The molecule has 0 aromatic heterocycles. The molecule has 1 aliphatic heterocycles. The Bertz CT molecular complexity index is 980. The molecule has 1 aliphatic carbocycles. The van der Waals surface area contributed by atoms with E-state index in [0.29, 0.717) is 6.61 Å². The van der Waals surface area contributed by atoms with Crippen molar-refractivity contribution in [3.8, 4) is 5.75 Å². The summed E-state index contributed by atoms with van der Waals surface area (Å²) in [5, 5.41) is 2.53. The van der Waals surface area contributed by atoms with Crippen molar-refractivity contribution < 1.29 is 9.53 Å². The highest BCUT2D eigenvalue weighted by Crippen LogP contribution is 2.31. The predicted molar refractivity (Wildman–Crippen MR) is 98.3 cm³/mol. The summed E-state index contributed by atoms with van der Waals surface area (Å²) in [4.78, 5) is 11.0. The van der Waals surface area contributed by atoms with E-state index >= 15 is 0 Å². The third kappa shape index (κ3) is 2.63. The number of hydrogen-bond acceptors (Lipinski definition) is 2. The van der Waals surface area contributed by atoms with Crippen LogP contribution in [0.15, 0.2) is 72.8 Å². The van der Waals surface area contributed by atoms with E-state index in [4.69, 9.17) is 4.74 Å². The van der Waals surface area contributed by atoms with E-state index in [1.54, 1.807) is 6.08 Å². The van der Waals surface area contributed by atoms with Crippen LogP contribution in [-0.4, -0.2) is 12.4 Å². The Kier molecular flexibility index (Phi) is 3.72. The van der Waals surface area contributed by atoms with Crippen LogP contribution in [-0.2, 0) is 0 Å². The van der Waals surface area contributed by atoms with Crippen LogP contribution in [0.5, 0.6) is 5.75 Å². The van der Waals surface area contributed by atoms with E-state index in [0.717, 1.165) is 16.9 Å². The first-order valence-electron chi connectivity index (χ1n) is 7.95. The molecule has 0 radical (unpaired) electrons. The van der Waals surface area contributed by atoms with E-state index < -0.39 is 0 Å². The average molecular weight is 312 g/mol. The SMILES string of the molecule is C1=Cc2c(ccc3ccccc23)OC1.O=C1C=Cc2ccccc21. The number of carbonyl (C=O) groups is 1. The van der Waals surface area contributed by atoms with Crippen molar-refractivity contribution in [2.45, 2.75) is 0 Å². The molecule has 0 fully saturated rings. The molecule has 3 aromatic rings. The molecule has 0 bridgehead atoms. The molecule has 2 nitrogen and oxygen atoms in total. The zero-order chi connectivity index (χ0) is 16.4. The van der Waals surface area contributed by atoms with Gasteiger partial charge in [-0.3, -0.25) is 4.79 Å². The number of benzene rings is 3. The lowest BCUT2D eigenvalue weighted by atomic mass is 10.0. The molecule has 5 rings (SSSR count). The summed E-state index contributed by atoms with van der Waals surface area (Å²) in [7, 11) is 0. The second-order valence-corrected chi connectivity index (χ2v) is 5.70. The third-order valence-electron chi connectivity index (χ3n) is 4.19. The highest BCUT2D eigenvalue weighted by molar-refractivity contribution is 6.13. The zero-order valence-electron chi connectivity index (χ0n) is 13.1. The second kappa shape index (κ2) is 6.17. The van der Waals surface area contributed by atoms with Crippen molar-refractivity contribution >= 4 is 28.7 Å². The predicted octanol–water partition coefficient (Wildman–Crippen LogP) is 5.14. The molecule has 2 heteroatoms. The summed E-state index contributed by atoms with van der Waals surface area (Å²) in [5.41, 5.74) is 3.06. The summed E-state index contributed by atoms with van der Waals surface area (Å²) >= 11 is 0. The lowest BCUT2D eigenvalue weighted by molar-refractivity contribution is 0.105. The normalized spacial score (nSPS) is 13.8. The molecule has 3 aromatic carbocycles. The fraction of sp³-hybridized carbons (Fsp3) is 0.0455. The van der Waals surface area contributed by atoms with Crippen LogP contribution < -0.4 is 4.74 Å². The summed E-state index contributed by atoms with van der Waals surface area (Å²) in [6, 6.07) is 20.1. The first-order chi connectivity index (χ1) is 11.8. The first-order valence-corrected chi connectivity index (χ1v) is 7.95. The summed E-state index contributed by atoms with van der Waals surface area (Å²) in [6.07, 6.45) is 7.64. The molecular formula is C22H16O2. The smallest absolute Gasteiger partial charge is 0.186 e. The van der Waals surface area contributed by atoms with E-state index in [-0.39, 0.29) is 5.78 Å². The van der Waals surface area contributed by atoms with Crippen molar-refractivity contribution in [3.05, 3.63) is 89.5 Å². The van der Waals surface area contributed by atoms with Gasteiger partial charge in [-0.25, -0.2) is 0 Å². The maximum absolute atomic E-state index is 11.0. The fourth-order valence-electron chi connectivity index (χ4n) is 3.00. The van der Waals surface area contributed by atoms with Gasteiger partial charge in [0.2, 0.25) is 0 Å². The van der Waals surface area contributed by atoms with E-state index in [9.17, 15) is 4.79 Å². The fourth-order valence-corrected chi connectivity index (χ4v) is 3.00. The average Bonchev–Trinajstić information content (AvgIpc) is 3.04. The van der Waals surface area contributed by atoms with E-state index in [1.165, 1.54) is 16.3 Å². The summed E-state index contributed by atoms with van der Waals surface area (Å²) in [6.45, 7) is 0.686. The van der Waals surface area contributed by atoms with Crippen LogP contribution in [0.2, 0.25) is 0 Å². The Morgan fingerprint density at radius 1 is 0.792 bits per heavy atom. The van der Waals surface area contributed by atoms with Gasteiger partial charge < -0.3 is 4.74 Å². The summed E-state index contributed by atoms with van der Waals surface area (Å²) < 4.78 is 5.54. The van der Waals surface area contributed by atoms with E-state index in [1.807, 2.05) is 36.4 Å². The lowest BCUT2D eigenvalue weighted by Crippen LogP contribution is -2.00. The highest BCUT2D eigenvalue weighted by atomic mass is 16.5. The number of hydrogen-bond donors (Lipinski definition) is 0. The molecule has 2 aliphatic rings. The van der Waals surface area contributed by atoms with Crippen LogP contribution in [0.25, 0.3) is 22.9 Å². The Morgan fingerprint density at radius 2 is 1.62 bits per heavy atom. The Hall–Kier alpha value is -3.13. The molecule has 0 unspecified atom stereocenters. The van der Waals surface area contributed by atoms with Gasteiger partial charge in [0.25, 0.3) is 0 Å². The van der Waals surface area contributed by atoms with Gasteiger partial charge in [0.15, 0.2) is 5.78 Å². The van der Waals surface area contributed by atoms with Gasteiger partial charge in [0.05, 0.1) is 0 Å². The topological polar surface area (TPSA) is 26.3 Å². The number of ether oxygens (including phenoxy) is 1. The quantitative estimate of drug-likeness (QED) is 0.574. The Balaban J connectivity index is 0.000000129. The van der Waals surface area contributed by atoms with Crippen LogP contribution >= 0.6 is 0 Å². The largest absolute Gasteiger partial charge is 0.489 e. The van der Waals surface area contributed by atoms with Crippen molar-refractivity contribution in [2.75, 3.05) is 6.61 Å². The second-order valence-electron chi connectivity index (χ2n) is 5.70. The highest BCUT2D eigenvalue weighted by Gasteiger charge is 2.10. The molecular weight excluding hydrogens is 296 g/mol. The monoisotopic (exact) mass is 312 g/mol. The molecule has 0 saturated carbocycles. The number of allylic oxidation sites excluding steroid dienone is 1. The number of fused-ring (bicyclic) bond motifs is 4. The van der Waals surface area contributed by atoms with Crippen molar-refractivity contribution in [3.63, 3.8) is 0 Å². The molecule has 116 valence electrons. The molecule has 0 saturated heterocycles. The third-order valence-corrected chi connectivity index (χ3v) is 4.19. The van der Waals surface area contributed by atoms with Gasteiger partial charge in [0.1, 0.15) is 12.4 Å². The van der Waals surface area contributed by atoms with E-state index in [2.05, 4.69) is 42.5 Å². The Morgan fingerprint density at radius 3 is 2.54 bits per heavy atom. The molecule has 0 N–H and O–H groups in total. The minimum absolute atomic E-state index is 0.121. The number of carbonyl (C=O) groups excluding carboxylic acids is 1. The van der Waals surface area contributed by atoms with Gasteiger partial charge in [-0.2, -0.15) is 0 Å². The molecule has 0 atom stereocenters. The van der Waals surface area contributed by atoms with Gasteiger partial charge in [0, 0.05) is 11.1 Å². The van der Waals surface area contributed by atoms with Crippen LogP contribution in [0.1, 0.15) is 21.5 Å². The van der Waals surface area contributed by atoms with Gasteiger partial charge >= 0.3 is 0 Å². The Labute approximate surface area is 140 Å². The zero-order valence-corrected chi connectivity index (χ0v) is 13.1. The molecule has 0 amide bonds. The van der Waals surface area contributed by atoms with Crippen LogP contribution in [0, 0.1) is 0 Å². The first kappa shape index (κ1) is 14.5. The van der Waals surface area contributed by atoms with Crippen molar-refractivity contribution in [1.82, 2.24) is 0 Å². The maximum Gasteiger partial charge on any atom is 0.186 e. The van der Waals surface area contributed by atoms with Crippen LogP contribution in [0.4, 0.5) is 0 Å².